The van der Waals surface area contributed by atoms with Crippen LogP contribution in [0.15, 0.2) is 97.1 Å². The Kier molecular flexibility index (Phi) is 8.51. The predicted molar refractivity (Wildman–Crippen MR) is 255 cm³/mol. The SMILES string of the molecule is CC(C)(C)c1ccc(N2c3ccc(C(C)(C)C)cc3B3c4ccc(C(C)(C)C)cc4N(c4cccc(C(C)(C)C)c4)c4cc(C56CC7CC(CC(C7)C5)C6)cc2c43)cc1. The Bertz CT molecular complexity index is 2440. The molecule has 2 nitrogen and oxygen atoms in total. The van der Waals surface area contributed by atoms with Gasteiger partial charge in [-0.15, -0.1) is 0 Å². The fourth-order valence-electron chi connectivity index (χ4n) is 12.5. The zero-order valence-corrected chi connectivity index (χ0v) is 38.2. The molecule has 0 radical (unpaired) electrons. The van der Waals surface area contributed by atoms with Crippen molar-refractivity contribution in [1.82, 2.24) is 0 Å². The Morgan fingerprint density at radius 2 is 0.932 bits per heavy atom. The number of fused-ring (bicyclic) bond motifs is 4. The van der Waals surface area contributed by atoms with Gasteiger partial charge < -0.3 is 9.80 Å². The average molecular weight is 779 g/mol. The first-order valence-electron chi connectivity index (χ1n) is 23.0. The highest BCUT2D eigenvalue weighted by Crippen LogP contribution is 2.62. The van der Waals surface area contributed by atoms with Crippen LogP contribution in [0, 0.1) is 17.8 Å². The van der Waals surface area contributed by atoms with Crippen LogP contribution in [0.3, 0.4) is 0 Å². The quantitative estimate of drug-likeness (QED) is 0.165. The van der Waals surface area contributed by atoms with E-state index >= 15 is 0 Å². The molecule has 6 aliphatic rings. The highest BCUT2D eigenvalue weighted by Gasteiger charge is 2.53. The molecule has 0 amide bonds. The highest BCUT2D eigenvalue weighted by atomic mass is 15.2. The molecule has 4 aliphatic carbocycles. The molecule has 0 unspecified atom stereocenters. The lowest BCUT2D eigenvalue weighted by Crippen LogP contribution is -2.62. The third-order valence-corrected chi connectivity index (χ3v) is 15.4. The summed E-state index contributed by atoms with van der Waals surface area (Å²) in [6.45, 7) is 28.4. The molecule has 304 valence electrons. The summed E-state index contributed by atoms with van der Waals surface area (Å²) in [5, 5.41) is 0. The molecular weight excluding hydrogens is 711 g/mol. The minimum Gasteiger partial charge on any atom is -0.311 e. The van der Waals surface area contributed by atoms with Gasteiger partial charge in [-0.05, 0) is 176 Å². The number of rotatable bonds is 3. The first-order valence-corrected chi connectivity index (χ1v) is 23.0. The van der Waals surface area contributed by atoms with Crippen molar-refractivity contribution in [3.05, 3.63) is 125 Å². The first-order chi connectivity index (χ1) is 27.7. The van der Waals surface area contributed by atoms with Crippen LogP contribution in [-0.4, -0.2) is 6.71 Å². The summed E-state index contributed by atoms with van der Waals surface area (Å²) < 4.78 is 0. The monoisotopic (exact) mass is 779 g/mol. The number of anilines is 6. The maximum Gasteiger partial charge on any atom is 0.252 e. The van der Waals surface area contributed by atoms with Crippen LogP contribution in [-0.2, 0) is 27.1 Å². The fraction of sp³-hybridized carbons (Fsp3) is 0.464. The summed E-state index contributed by atoms with van der Waals surface area (Å²) in [6, 6.07) is 39.5. The van der Waals surface area contributed by atoms with Crippen LogP contribution in [0.4, 0.5) is 34.1 Å². The molecule has 11 rings (SSSR count). The van der Waals surface area contributed by atoms with E-state index in [0.717, 1.165) is 17.8 Å². The summed E-state index contributed by atoms with van der Waals surface area (Å²) in [6.07, 6.45) is 8.38. The number of hydrogen-bond acceptors (Lipinski definition) is 2. The van der Waals surface area contributed by atoms with Crippen molar-refractivity contribution in [3.8, 4) is 0 Å². The second-order valence-corrected chi connectivity index (χ2v) is 23.9. The van der Waals surface area contributed by atoms with Crippen molar-refractivity contribution in [3.63, 3.8) is 0 Å². The molecule has 4 bridgehead atoms. The molecule has 0 spiro atoms. The molecule has 0 aromatic heterocycles. The Labute approximate surface area is 356 Å². The van der Waals surface area contributed by atoms with Gasteiger partial charge in [0, 0.05) is 34.1 Å². The number of benzene rings is 5. The van der Waals surface area contributed by atoms with Crippen LogP contribution in [0.25, 0.3) is 0 Å². The van der Waals surface area contributed by atoms with Crippen LogP contribution in [0.1, 0.15) is 149 Å². The molecule has 0 atom stereocenters. The van der Waals surface area contributed by atoms with Crippen molar-refractivity contribution < 1.29 is 0 Å². The number of hydrogen-bond donors (Lipinski definition) is 0. The topological polar surface area (TPSA) is 6.48 Å². The lowest BCUT2D eigenvalue weighted by molar-refractivity contribution is -0.00514. The highest BCUT2D eigenvalue weighted by molar-refractivity contribution is 7.00. The average Bonchev–Trinajstić information content (AvgIpc) is 3.15. The minimum absolute atomic E-state index is 0.0142. The molecule has 59 heavy (non-hydrogen) atoms. The van der Waals surface area contributed by atoms with Crippen LogP contribution in [0.5, 0.6) is 0 Å². The van der Waals surface area contributed by atoms with Gasteiger partial charge >= 0.3 is 0 Å². The van der Waals surface area contributed by atoms with E-state index in [1.807, 2.05) is 0 Å². The molecular formula is C56H67BN2. The zero-order valence-electron chi connectivity index (χ0n) is 38.2. The Morgan fingerprint density at radius 3 is 1.49 bits per heavy atom. The first kappa shape index (κ1) is 38.9. The Balaban J connectivity index is 1.32. The van der Waals surface area contributed by atoms with Crippen molar-refractivity contribution >= 4 is 57.2 Å². The standard InChI is InChI=1S/C56H67BN2/c1-52(2,3)38-16-20-43(21-17-38)58-47-23-19-40(54(7,8)9)28-46(47)57-45-22-18-41(55(10,11)12)29-48(45)59(44-15-13-14-39(27-44)53(4,5)6)50-31-42(30-49(58)51(50)57)56-32-35-24-36(33-56)26-37(25-35)34-56/h13-23,27-31,35-37H,24-26,32-34H2,1-12H3. The molecule has 0 N–H and O–H groups in total. The van der Waals surface area contributed by atoms with E-state index in [0.29, 0.717) is 0 Å². The van der Waals surface area contributed by atoms with E-state index in [4.69, 9.17) is 0 Å². The van der Waals surface area contributed by atoms with E-state index in [1.54, 1.807) is 5.56 Å². The van der Waals surface area contributed by atoms with Crippen molar-refractivity contribution in [2.45, 2.75) is 149 Å². The van der Waals surface area contributed by atoms with Gasteiger partial charge in [0.2, 0.25) is 0 Å². The van der Waals surface area contributed by atoms with E-state index in [1.165, 1.54) is 111 Å². The summed E-state index contributed by atoms with van der Waals surface area (Å²) in [5.74, 6) is 2.61. The zero-order chi connectivity index (χ0) is 41.6. The minimum atomic E-state index is 0.0142. The third-order valence-electron chi connectivity index (χ3n) is 15.4. The molecule has 4 saturated carbocycles. The summed E-state index contributed by atoms with van der Waals surface area (Å²) in [5.41, 5.74) is 19.7. The maximum absolute atomic E-state index is 2.73. The third kappa shape index (κ3) is 6.34. The van der Waals surface area contributed by atoms with Gasteiger partial charge in [0.05, 0.1) is 0 Å². The molecule has 4 fully saturated rings. The normalized spacial score (nSPS) is 23.3. The van der Waals surface area contributed by atoms with E-state index < -0.39 is 0 Å². The van der Waals surface area contributed by atoms with Gasteiger partial charge in [-0.25, -0.2) is 0 Å². The van der Waals surface area contributed by atoms with Gasteiger partial charge in [0.15, 0.2) is 0 Å². The van der Waals surface area contributed by atoms with Crippen LogP contribution >= 0.6 is 0 Å². The molecule has 2 heterocycles. The van der Waals surface area contributed by atoms with E-state index in [2.05, 4.69) is 190 Å². The molecule has 2 aliphatic heterocycles. The lowest BCUT2D eigenvalue weighted by Gasteiger charge is -2.57. The van der Waals surface area contributed by atoms with Crippen molar-refractivity contribution in [1.29, 1.82) is 0 Å². The molecule has 3 heteroatoms. The van der Waals surface area contributed by atoms with Gasteiger partial charge in [-0.1, -0.05) is 132 Å². The van der Waals surface area contributed by atoms with E-state index in [-0.39, 0.29) is 33.8 Å². The van der Waals surface area contributed by atoms with Crippen LogP contribution in [0.2, 0.25) is 0 Å². The van der Waals surface area contributed by atoms with Gasteiger partial charge in [0.1, 0.15) is 0 Å². The fourth-order valence-corrected chi connectivity index (χ4v) is 12.5. The molecule has 0 saturated heterocycles. The number of nitrogens with zero attached hydrogens (tertiary/aromatic N) is 2. The second-order valence-electron chi connectivity index (χ2n) is 23.9. The largest absolute Gasteiger partial charge is 0.311 e. The summed E-state index contributed by atoms with van der Waals surface area (Å²) >= 11 is 0. The van der Waals surface area contributed by atoms with Gasteiger partial charge in [-0.3, -0.25) is 0 Å². The predicted octanol–water partition coefficient (Wildman–Crippen LogP) is 13.4. The van der Waals surface area contributed by atoms with Crippen molar-refractivity contribution in [2.75, 3.05) is 9.80 Å². The lowest BCUT2D eigenvalue weighted by atomic mass is 9.33. The second kappa shape index (κ2) is 12.9. The van der Waals surface area contributed by atoms with Crippen LogP contribution < -0.4 is 26.2 Å². The van der Waals surface area contributed by atoms with Crippen molar-refractivity contribution in [2.24, 2.45) is 17.8 Å². The molecule has 5 aromatic carbocycles. The smallest absolute Gasteiger partial charge is 0.252 e. The summed E-state index contributed by atoms with van der Waals surface area (Å²) in [4.78, 5) is 5.38. The Morgan fingerprint density at radius 1 is 0.441 bits per heavy atom. The molecule has 5 aromatic rings. The Hall–Kier alpha value is -4.24. The van der Waals surface area contributed by atoms with E-state index in [9.17, 15) is 0 Å². The summed E-state index contributed by atoms with van der Waals surface area (Å²) in [7, 11) is 0. The van der Waals surface area contributed by atoms with Gasteiger partial charge in [0.25, 0.3) is 6.71 Å². The maximum atomic E-state index is 2.73. The van der Waals surface area contributed by atoms with Gasteiger partial charge in [-0.2, -0.15) is 0 Å².